The Morgan fingerprint density at radius 2 is 1.61 bits per heavy atom. The summed E-state index contributed by atoms with van der Waals surface area (Å²) in [6, 6.07) is 15.1. The molecule has 124 valence electrons. The second kappa shape index (κ2) is 9.36. The predicted octanol–water partition coefficient (Wildman–Crippen LogP) is 4.99. The van der Waals surface area contributed by atoms with Gasteiger partial charge in [-0.05, 0) is 61.4 Å². The van der Waals surface area contributed by atoms with Crippen molar-refractivity contribution in [2.75, 3.05) is 13.2 Å². The minimum Gasteiger partial charge on any atom is -0.493 e. The SMILES string of the molecule is CCc1ccccc1-c1cccc(OCCCCCN)c1CC. The van der Waals surface area contributed by atoms with Crippen LogP contribution in [0.4, 0.5) is 0 Å². The largest absolute Gasteiger partial charge is 0.493 e. The summed E-state index contributed by atoms with van der Waals surface area (Å²) in [5, 5.41) is 0. The quantitative estimate of drug-likeness (QED) is 0.662. The standard InChI is InChI=1S/C21H29NO/c1-3-17-11-6-7-12-19(17)20-13-10-14-21(18(20)4-2)23-16-9-5-8-15-22/h6-7,10-14H,3-5,8-9,15-16,22H2,1-2H3. The van der Waals surface area contributed by atoms with Gasteiger partial charge in [-0.2, -0.15) is 0 Å². The van der Waals surface area contributed by atoms with E-state index in [0.717, 1.165) is 51.0 Å². The summed E-state index contributed by atoms with van der Waals surface area (Å²) in [6.45, 7) is 5.95. The molecule has 0 aromatic heterocycles. The molecular formula is C21H29NO. The average Bonchev–Trinajstić information content (AvgIpc) is 2.61. The summed E-state index contributed by atoms with van der Waals surface area (Å²) in [5.41, 5.74) is 10.9. The molecule has 23 heavy (non-hydrogen) atoms. The van der Waals surface area contributed by atoms with E-state index in [-0.39, 0.29) is 0 Å². The van der Waals surface area contributed by atoms with E-state index in [4.69, 9.17) is 10.5 Å². The molecule has 2 heteroatoms. The molecule has 2 aromatic carbocycles. The van der Waals surface area contributed by atoms with Crippen molar-refractivity contribution in [3.05, 3.63) is 53.6 Å². The molecule has 0 unspecified atom stereocenters. The van der Waals surface area contributed by atoms with Crippen molar-refractivity contribution in [2.24, 2.45) is 5.73 Å². The van der Waals surface area contributed by atoms with Gasteiger partial charge >= 0.3 is 0 Å². The van der Waals surface area contributed by atoms with Gasteiger partial charge in [0, 0.05) is 5.56 Å². The first-order chi connectivity index (χ1) is 11.3. The van der Waals surface area contributed by atoms with Crippen LogP contribution in [0.25, 0.3) is 11.1 Å². The molecule has 2 N–H and O–H groups in total. The number of aryl methyl sites for hydroxylation is 1. The van der Waals surface area contributed by atoms with E-state index < -0.39 is 0 Å². The molecule has 0 bridgehead atoms. The Morgan fingerprint density at radius 3 is 2.35 bits per heavy atom. The highest BCUT2D eigenvalue weighted by Crippen LogP contribution is 2.33. The number of ether oxygens (including phenoxy) is 1. The maximum atomic E-state index is 6.07. The van der Waals surface area contributed by atoms with Gasteiger partial charge in [-0.25, -0.2) is 0 Å². The Bertz CT molecular complexity index is 607. The molecule has 2 nitrogen and oxygen atoms in total. The van der Waals surface area contributed by atoms with Gasteiger partial charge in [-0.1, -0.05) is 50.2 Å². The van der Waals surface area contributed by atoms with Crippen LogP contribution < -0.4 is 10.5 Å². The van der Waals surface area contributed by atoms with Crippen molar-refractivity contribution >= 4 is 0 Å². The Kier molecular flexibility index (Phi) is 7.15. The molecule has 2 rings (SSSR count). The molecule has 0 fully saturated rings. The molecule has 0 amide bonds. The highest BCUT2D eigenvalue weighted by molar-refractivity contribution is 5.73. The first-order valence-corrected chi connectivity index (χ1v) is 8.84. The van der Waals surface area contributed by atoms with E-state index in [1.54, 1.807) is 0 Å². The topological polar surface area (TPSA) is 35.2 Å². The zero-order valence-corrected chi connectivity index (χ0v) is 14.5. The van der Waals surface area contributed by atoms with Crippen LogP contribution in [0.2, 0.25) is 0 Å². The van der Waals surface area contributed by atoms with Crippen molar-refractivity contribution in [3.8, 4) is 16.9 Å². The second-order valence-electron chi connectivity index (χ2n) is 5.84. The summed E-state index contributed by atoms with van der Waals surface area (Å²) < 4.78 is 6.07. The number of unbranched alkanes of at least 4 members (excludes halogenated alkanes) is 2. The molecule has 0 heterocycles. The van der Waals surface area contributed by atoms with Crippen LogP contribution in [0.3, 0.4) is 0 Å². The van der Waals surface area contributed by atoms with Gasteiger partial charge in [0.15, 0.2) is 0 Å². The lowest BCUT2D eigenvalue weighted by Gasteiger charge is -2.16. The third-order valence-electron chi connectivity index (χ3n) is 4.28. The lowest BCUT2D eigenvalue weighted by atomic mass is 9.93. The van der Waals surface area contributed by atoms with E-state index >= 15 is 0 Å². The molecule has 0 aliphatic carbocycles. The third kappa shape index (κ3) is 4.59. The van der Waals surface area contributed by atoms with Crippen LogP contribution in [0.15, 0.2) is 42.5 Å². The van der Waals surface area contributed by atoms with Crippen molar-refractivity contribution in [1.29, 1.82) is 0 Å². The predicted molar refractivity (Wildman–Crippen MR) is 99.0 cm³/mol. The highest BCUT2D eigenvalue weighted by Gasteiger charge is 2.12. The van der Waals surface area contributed by atoms with Crippen LogP contribution in [-0.4, -0.2) is 13.2 Å². The fourth-order valence-corrected chi connectivity index (χ4v) is 3.01. The first-order valence-electron chi connectivity index (χ1n) is 8.84. The minimum absolute atomic E-state index is 0.767. The molecule has 0 atom stereocenters. The van der Waals surface area contributed by atoms with Crippen LogP contribution in [0.1, 0.15) is 44.2 Å². The minimum atomic E-state index is 0.767. The van der Waals surface area contributed by atoms with Crippen LogP contribution in [0, 0.1) is 0 Å². The maximum Gasteiger partial charge on any atom is 0.123 e. The van der Waals surface area contributed by atoms with Gasteiger partial charge < -0.3 is 10.5 Å². The third-order valence-corrected chi connectivity index (χ3v) is 4.28. The average molecular weight is 311 g/mol. The number of rotatable bonds is 9. The van der Waals surface area contributed by atoms with Crippen molar-refractivity contribution in [2.45, 2.75) is 46.0 Å². The number of benzene rings is 2. The van der Waals surface area contributed by atoms with Crippen molar-refractivity contribution in [3.63, 3.8) is 0 Å². The normalized spacial score (nSPS) is 10.7. The molecule has 0 aliphatic rings. The molecule has 0 spiro atoms. The molecule has 0 aliphatic heterocycles. The summed E-state index contributed by atoms with van der Waals surface area (Å²) in [5.74, 6) is 1.03. The van der Waals surface area contributed by atoms with E-state index in [9.17, 15) is 0 Å². The van der Waals surface area contributed by atoms with E-state index in [1.165, 1.54) is 22.3 Å². The summed E-state index contributed by atoms with van der Waals surface area (Å²) in [4.78, 5) is 0. The van der Waals surface area contributed by atoms with E-state index in [2.05, 4.69) is 56.3 Å². The summed E-state index contributed by atoms with van der Waals surface area (Å²) >= 11 is 0. The van der Waals surface area contributed by atoms with E-state index in [1.807, 2.05) is 0 Å². The number of hydrogen-bond acceptors (Lipinski definition) is 2. The van der Waals surface area contributed by atoms with E-state index in [0.29, 0.717) is 0 Å². The van der Waals surface area contributed by atoms with Crippen LogP contribution in [0.5, 0.6) is 5.75 Å². The first kappa shape index (κ1) is 17.6. The smallest absolute Gasteiger partial charge is 0.123 e. The second-order valence-corrected chi connectivity index (χ2v) is 5.84. The Labute approximate surface area is 140 Å². The molecule has 0 radical (unpaired) electrons. The highest BCUT2D eigenvalue weighted by atomic mass is 16.5. The van der Waals surface area contributed by atoms with Crippen molar-refractivity contribution in [1.82, 2.24) is 0 Å². The van der Waals surface area contributed by atoms with Gasteiger partial charge in [0.1, 0.15) is 5.75 Å². The van der Waals surface area contributed by atoms with Gasteiger partial charge in [0.05, 0.1) is 6.61 Å². The Balaban J connectivity index is 2.22. The zero-order chi connectivity index (χ0) is 16.5. The molecular weight excluding hydrogens is 282 g/mol. The molecule has 2 aromatic rings. The summed E-state index contributed by atoms with van der Waals surface area (Å²) in [6.07, 6.45) is 5.30. The van der Waals surface area contributed by atoms with Gasteiger partial charge in [0.2, 0.25) is 0 Å². The van der Waals surface area contributed by atoms with Gasteiger partial charge in [-0.15, -0.1) is 0 Å². The van der Waals surface area contributed by atoms with Crippen molar-refractivity contribution < 1.29 is 4.74 Å². The summed E-state index contributed by atoms with van der Waals surface area (Å²) in [7, 11) is 0. The monoisotopic (exact) mass is 311 g/mol. The lowest BCUT2D eigenvalue weighted by Crippen LogP contribution is -2.03. The fourth-order valence-electron chi connectivity index (χ4n) is 3.01. The Morgan fingerprint density at radius 1 is 0.826 bits per heavy atom. The van der Waals surface area contributed by atoms with Gasteiger partial charge in [-0.3, -0.25) is 0 Å². The maximum absolute atomic E-state index is 6.07. The molecule has 0 saturated heterocycles. The Hall–Kier alpha value is -1.80. The van der Waals surface area contributed by atoms with Crippen LogP contribution >= 0.6 is 0 Å². The number of hydrogen-bond donors (Lipinski definition) is 1. The zero-order valence-electron chi connectivity index (χ0n) is 14.5. The van der Waals surface area contributed by atoms with Crippen LogP contribution in [-0.2, 0) is 12.8 Å². The van der Waals surface area contributed by atoms with Gasteiger partial charge in [0.25, 0.3) is 0 Å². The number of nitrogens with two attached hydrogens (primary N) is 1. The molecule has 0 saturated carbocycles. The lowest BCUT2D eigenvalue weighted by molar-refractivity contribution is 0.303. The fraction of sp³-hybridized carbons (Fsp3) is 0.429.